The van der Waals surface area contributed by atoms with Gasteiger partial charge >= 0.3 is 0 Å². The lowest BCUT2D eigenvalue weighted by molar-refractivity contribution is -0.124. The molecule has 4 fully saturated rings. The molecule has 4 aromatic rings. The van der Waals surface area contributed by atoms with Gasteiger partial charge in [-0.15, -0.1) is 0 Å². The minimum atomic E-state index is -0.220. The third kappa shape index (κ3) is 8.04. The monoisotopic (exact) mass is 715 g/mol. The van der Waals surface area contributed by atoms with E-state index < -0.39 is 0 Å². The molecule has 2 aliphatic heterocycles. The van der Waals surface area contributed by atoms with Crippen molar-refractivity contribution in [2.24, 2.45) is 18.9 Å². The first-order valence-electron chi connectivity index (χ1n) is 19.6. The summed E-state index contributed by atoms with van der Waals surface area (Å²) in [5.74, 6) is 2.97. The van der Waals surface area contributed by atoms with E-state index in [2.05, 4.69) is 79.9 Å². The molecule has 10 nitrogen and oxygen atoms in total. The van der Waals surface area contributed by atoms with Gasteiger partial charge in [-0.25, -0.2) is 0 Å². The quantitative estimate of drug-likeness (QED) is 0.162. The molecule has 2 aromatic carbocycles. The van der Waals surface area contributed by atoms with Crippen LogP contribution in [0.25, 0.3) is 0 Å². The van der Waals surface area contributed by atoms with E-state index >= 15 is 0 Å². The Morgan fingerprint density at radius 1 is 0.830 bits per heavy atom. The van der Waals surface area contributed by atoms with Gasteiger partial charge in [0.15, 0.2) is 0 Å². The molecule has 2 aromatic heterocycles. The summed E-state index contributed by atoms with van der Waals surface area (Å²) in [7, 11) is 3.65. The van der Waals surface area contributed by atoms with E-state index in [4.69, 9.17) is 4.74 Å². The van der Waals surface area contributed by atoms with Gasteiger partial charge in [-0.05, 0) is 142 Å². The van der Waals surface area contributed by atoms with Crippen LogP contribution in [0.15, 0.2) is 73.1 Å². The number of carbonyl (C=O) groups excluding carboxylic acids is 2. The fourth-order valence-corrected chi connectivity index (χ4v) is 8.95. The summed E-state index contributed by atoms with van der Waals surface area (Å²) in [4.78, 5) is 36.9. The third-order valence-corrected chi connectivity index (χ3v) is 12.3. The van der Waals surface area contributed by atoms with Crippen LogP contribution >= 0.6 is 0 Å². The Bertz CT molecular complexity index is 1900. The van der Waals surface area contributed by atoms with E-state index in [1.807, 2.05) is 36.1 Å². The standard InChI is InChI=1S/C43H53N7O3/c1-28-25-45-48(2)40(28)27-50-21-18-32(23-39(50)43(52)46-33-16-14-30(15-17-33)29-12-13-29)36-24-35(36)31-8-6-9-34(22-31)47-42(51)38-10-4-5-20-49(38)26-37-41(53-3)11-7-19-44-37/h6-9,11,14-17,19,22,25,29,32,35-36,38-39H,4-5,10,12-13,18,20-21,23-24,26-27H2,1-3H3,(H,46,52)(H,47,51)/t32?,35?,36?,38-,39-/m1/s1. The fraction of sp³-hybridized carbons (Fsp3) is 0.488. The van der Waals surface area contributed by atoms with Gasteiger partial charge in [0.05, 0.1) is 36.8 Å². The number of aryl methyl sites for hydroxylation is 2. The van der Waals surface area contributed by atoms with Gasteiger partial charge in [-0.1, -0.05) is 30.7 Å². The van der Waals surface area contributed by atoms with E-state index in [0.29, 0.717) is 36.8 Å². The van der Waals surface area contributed by atoms with Crippen LogP contribution in [0.3, 0.4) is 0 Å². The van der Waals surface area contributed by atoms with Crippen LogP contribution in [0.2, 0.25) is 0 Å². The summed E-state index contributed by atoms with van der Waals surface area (Å²) < 4.78 is 7.49. The number of nitrogens with one attached hydrogen (secondary N) is 2. The van der Waals surface area contributed by atoms with Gasteiger partial charge in [0, 0.05) is 37.7 Å². The predicted octanol–water partition coefficient (Wildman–Crippen LogP) is 7.03. The van der Waals surface area contributed by atoms with Crippen LogP contribution in [0.4, 0.5) is 11.4 Å². The molecule has 53 heavy (non-hydrogen) atoms. The Labute approximate surface area is 313 Å². The van der Waals surface area contributed by atoms with Gasteiger partial charge in [-0.2, -0.15) is 5.10 Å². The lowest BCUT2D eigenvalue weighted by Gasteiger charge is -2.39. The molecule has 3 unspecified atom stereocenters. The van der Waals surface area contributed by atoms with Crippen molar-refractivity contribution in [2.75, 3.05) is 30.8 Å². The maximum atomic E-state index is 14.1. The molecule has 8 rings (SSSR count). The van der Waals surface area contributed by atoms with E-state index in [1.165, 1.54) is 24.0 Å². The van der Waals surface area contributed by atoms with Crippen molar-refractivity contribution in [3.05, 3.63) is 101 Å². The smallest absolute Gasteiger partial charge is 0.241 e. The first-order valence-corrected chi connectivity index (χ1v) is 19.6. The van der Waals surface area contributed by atoms with Gasteiger partial charge in [-0.3, -0.25) is 29.1 Å². The van der Waals surface area contributed by atoms with Crippen LogP contribution in [0.1, 0.15) is 91.3 Å². The van der Waals surface area contributed by atoms with Crippen molar-refractivity contribution in [1.82, 2.24) is 24.6 Å². The summed E-state index contributed by atoms with van der Waals surface area (Å²) >= 11 is 0. The van der Waals surface area contributed by atoms with E-state index in [9.17, 15) is 9.59 Å². The van der Waals surface area contributed by atoms with Crippen LogP contribution in [-0.4, -0.2) is 68.7 Å². The highest BCUT2D eigenvalue weighted by atomic mass is 16.5. The zero-order valence-electron chi connectivity index (χ0n) is 31.3. The molecule has 0 radical (unpaired) electrons. The molecule has 5 atom stereocenters. The SMILES string of the molecule is COc1cccnc1CN1CCCC[C@@H]1C(=O)Nc1cccc(C2CC2C2CCN(Cc3c(C)cnn3C)[C@@H](C(=O)Nc3ccc(C4CC4)cc3)C2)c1. The summed E-state index contributed by atoms with van der Waals surface area (Å²) in [6.45, 7) is 5.11. The first-order chi connectivity index (χ1) is 25.8. The Morgan fingerprint density at radius 3 is 2.40 bits per heavy atom. The molecule has 2 aliphatic carbocycles. The van der Waals surface area contributed by atoms with Gasteiger partial charge < -0.3 is 15.4 Å². The minimum absolute atomic E-state index is 0.0381. The number of hydrogen-bond donors (Lipinski definition) is 2. The van der Waals surface area contributed by atoms with Crippen LogP contribution < -0.4 is 15.4 Å². The number of piperidine rings is 2. The molecule has 10 heteroatoms. The number of hydrogen-bond acceptors (Lipinski definition) is 7. The van der Waals surface area contributed by atoms with Crippen molar-refractivity contribution in [2.45, 2.75) is 95.3 Å². The first kappa shape index (κ1) is 35.5. The number of amides is 2. The summed E-state index contributed by atoms with van der Waals surface area (Å²) in [5, 5.41) is 11.0. The summed E-state index contributed by atoms with van der Waals surface area (Å²) in [6, 6.07) is 20.3. The minimum Gasteiger partial charge on any atom is -0.495 e. The lowest BCUT2D eigenvalue weighted by atomic mass is 9.85. The second kappa shape index (κ2) is 15.4. The third-order valence-electron chi connectivity index (χ3n) is 12.3. The Morgan fingerprint density at radius 2 is 1.62 bits per heavy atom. The van der Waals surface area contributed by atoms with E-state index in [-0.39, 0.29) is 23.9 Å². The van der Waals surface area contributed by atoms with Gasteiger partial charge in [0.2, 0.25) is 11.8 Å². The van der Waals surface area contributed by atoms with Gasteiger partial charge in [0.25, 0.3) is 0 Å². The maximum Gasteiger partial charge on any atom is 0.241 e. The molecule has 2 N–H and O–H groups in total. The van der Waals surface area contributed by atoms with Crippen LogP contribution in [-0.2, 0) is 29.7 Å². The normalized spacial score (nSPS) is 24.8. The number of ether oxygens (including phenoxy) is 1. The Hall–Kier alpha value is -4.54. The average Bonchev–Trinajstić information content (AvgIpc) is 4.12. The van der Waals surface area contributed by atoms with E-state index in [0.717, 1.165) is 85.7 Å². The highest BCUT2D eigenvalue weighted by Crippen LogP contribution is 2.55. The average molecular weight is 716 g/mol. The van der Waals surface area contributed by atoms with Crippen LogP contribution in [0, 0.1) is 18.8 Å². The molecule has 4 heterocycles. The number of pyridine rings is 1. The molecular weight excluding hydrogens is 663 g/mol. The molecule has 2 saturated heterocycles. The van der Waals surface area contributed by atoms with Crippen molar-refractivity contribution < 1.29 is 14.3 Å². The summed E-state index contributed by atoms with van der Waals surface area (Å²) in [6.07, 6.45) is 12.2. The number of anilines is 2. The molecule has 0 bridgehead atoms. The molecular formula is C43H53N7O3. The number of likely N-dealkylation sites (tertiary alicyclic amines) is 2. The molecule has 2 amide bonds. The lowest BCUT2D eigenvalue weighted by Crippen LogP contribution is -2.49. The topological polar surface area (TPSA) is 105 Å². The second-order valence-electron chi connectivity index (χ2n) is 15.8. The highest BCUT2D eigenvalue weighted by Gasteiger charge is 2.47. The fourth-order valence-electron chi connectivity index (χ4n) is 8.95. The number of methoxy groups -OCH3 is 1. The molecule has 2 saturated carbocycles. The van der Waals surface area contributed by atoms with Crippen molar-refractivity contribution in [1.29, 1.82) is 0 Å². The number of aromatic nitrogens is 3. The maximum absolute atomic E-state index is 14.1. The zero-order chi connectivity index (χ0) is 36.5. The van der Waals surface area contributed by atoms with Crippen molar-refractivity contribution in [3.63, 3.8) is 0 Å². The number of nitrogens with zero attached hydrogens (tertiary/aromatic N) is 5. The molecule has 278 valence electrons. The Kier molecular flexibility index (Phi) is 10.3. The number of rotatable bonds is 12. The molecule has 4 aliphatic rings. The molecule has 0 spiro atoms. The zero-order valence-corrected chi connectivity index (χ0v) is 31.3. The van der Waals surface area contributed by atoms with Crippen LogP contribution in [0.5, 0.6) is 5.75 Å². The highest BCUT2D eigenvalue weighted by molar-refractivity contribution is 5.95. The number of benzene rings is 2. The Balaban J connectivity index is 0.926. The second-order valence-corrected chi connectivity index (χ2v) is 15.8. The van der Waals surface area contributed by atoms with Crippen molar-refractivity contribution >= 4 is 23.2 Å². The largest absolute Gasteiger partial charge is 0.495 e. The number of carbonyl (C=O) groups is 2. The summed E-state index contributed by atoms with van der Waals surface area (Å²) in [5.41, 5.74) is 7.54. The van der Waals surface area contributed by atoms with E-state index in [1.54, 1.807) is 13.3 Å². The predicted molar refractivity (Wildman–Crippen MR) is 207 cm³/mol. The van der Waals surface area contributed by atoms with Gasteiger partial charge in [0.1, 0.15) is 5.75 Å². The van der Waals surface area contributed by atoms with Crippen molar-refractivity contribution in [3.8, 4) is 5.75 Å².